The first-order valence-electron chi connectivity index (χ1n) is 17.5. The monoisotopic (exact) mass is 662 g/mol. The van der Waals surface area contributed by atoms with E-state index in [0.717, 1.165) is 71.6 Å². The molecule has 0 fully saturated rings. The van der Waals surface area contributed by atoms with Gasteiger partial charge in [-0.15, -0.1) is 0 Å². The fourth-order valence-electron chi connectivity index (χ4n) is 7.24. The summed E-state index contributed by atoms with van der Waals surface area (Å²) in [6.45, 7) is 0. The number of hydrogen-bond acceptors (Lipinski definition) is 3. The molecule has 3 heteroatoms. The Morgan fingerprint density at radius 3 is 1.77 bits per heavy atom. The van der Waals surface area contributed by atoms with Gasteiger partial charge in [-0.25, -0.2) is 9.98 Å². The molecule has 1 aliphatic heterocycles. The van der Waals surface area contributed by atoms with Crippen molar-refractivity contribution in [2.45, 2.75) is 0 Å². The second-order valence-corrected chi connectivity index (χ2v) is 13.1. The molecule has 0 saturated heterocycles. The molecule has 0 spiro atoms. The van der Waals surface area contributed by atoms with Gasteiger partial charge in [0.05, 0.1) is 5.71 Å². The summed E-state index contributed by atoms with van der Waals surface area (Å²) in [6, 6.07) is 61.4. The first-order valence-corrected chi connectivity index (χ1v) is 17.5. The number of benzene rings is 8. The first kappa shape index (κ1) is 29.8. The third kappa shape index (κ3) is 5.34. The summed E-state index contributed by atoms with van der Waals surface area (Å²) in [6.07, 6.45) is 1.97. The maximum absolute atomic E-state index is 6.45. The summed E-state index contributed by atoms with van der Waals surface area (Å²) < 4.78 is 6.45. The Balaban J connectivity index is 1.13. The van der Waals surface area contributed by atoms with Crippen LogP contribution in [0.3, 0.4) is 0 Å². The molecule has 10 rings (SSSR count). The first-order chi connectivity index (χ1) is 25.7. The van der Waals surface area contributed by atoms with E-state index in [0.29, 0.717) is 11.5 Å². The third-order valence-corrected chi connectivity index (χ3v) is 9.90. The van der Waals surface area contributed by atoms with Crippen LogP contribution in [-0.4, -0.2) is 11.5 Å². The van der Waals surface area contributed by atoms with Crippen LogP contribution in [0, 0.1) is 0 Å². The molecule has 9 aromatic rings. The normalized spacial score (nSPS) is 13.0. The summed E-state index contributed by atoms with van der Waals surface area (Å²) in [7, 11) is 0. The topological polar surface area (TPSA) is 37.9 Å². The van der Waals surface area contributed by atoms with E-state index in [4.69, 9.17) is 14.4 Å². The zero-order valence-electron chi connectivity index (χ0n) is 28.1. The minimum Gasteiger partial charge on any atom is -0.456 e. The van der Waals surface area contributed by atoms with Gasteiger partial charge in [-0.1, -0.05) is 145 Å². The molecule has 1 aliphatic rings. The van der Waals surface area contributed by atoms with Crippen molar-refractivity contribution in [3.8, 4) is 22.3 Å². The molecule has 0 bridgehead atoms. The number of aliphatic imine (C=N–C) groups is 2. The molecular formula is C49H30N2O. The minimum absolute atomic E-state index is 0.624. The SMILES string of the molecule is C1=CC(c2ccccc2-c2ccccc2)=NC(c2ccc3cc(-c4ccccc4)ccc3c2)=NC=1c1ccc2c(c1)oc1cc3ccccc3cc12. The van der Waals surface area contributed by atoms with E-state index in [1.807, 2.05) is 18.2 Å². The fraction of sp³-hybridized carbons (Fsp3) is 0. The highest BCUT2D eigenvalue weighted by molar-refractivity contribution is 6.21. The van der Waals surface area contributed by atoms with E-state index in [1.54, 1.807) is 0 Å². The third-order valence-electron chi connectivity index (χ3n) is 9.90. The Kier molecular flexibility index (Phi) is 7.09. The number of furan rings is 1. The molecule has 0 unspecified atom stereocenters. The highest BCUT2D eigenvalue weighted by atomic mass is 16.3. The van der Waals surface area contributed by atoms with Crippen molar-refractivity contribution in [2.75, 3.05) is 0 Å². The van der Waals surface area contributed by atoms with Crippen LogP contribution in [0.5, 0.6) is 0 Å². The van der Waals surface area contributed by atoms with E-state index in [-0.39, 0.29) is 0 Å². The van der Waals surface area contributed by atoms with Crippen LogP contribution in [0.4, 0.5) is 0 Å². The second-order valence-electron chi connectivity index (χ2n) is 13.1. The maximum atomic E-state index is 6.45. The Morgan fingerprint density at radius 1 is 0.385 bits per heavy atom. The lowest BCUT2D eigenvalue weighted by Crippen LogP contribution is -2.05. The average Bonchev–Trinajstić information content (AvgIpc) is 3.40. The summed E-state index contributed by atoms with van der Waals surface area (Å²) in [5.41, 5.74) is 14.2. The second kappa shape index (κ2) is 12.4. The maximum Gasteiger partial charge on any atom is 0.161 e. The van der Waals surface area contributed by atoms with Crippen LogP contribution in [0.1, 0.15) is 16.7 Å². The number of hydrogen-bond donors (Lipinski definition) is 0. The van der Waals surface area contributed by atoms with E-state index >= 15 is 0 Å². The Hall–Kier alpha value is -7.06. The van der Waals surface area contributed by atoms with Gasteiger partial charge in [0.15, 0.2) is 5.84 Å². The fourth-order valence-corrected chi connectivity index (χ4v) is 7.24. The van der Waals surface area contributed by atoms with E-state index in [9.17, 15) is 0 Å². The van der Waals surface area contributed by atoms with Gasteiger partial charge in [-0.2, -0.15) is 0 Å². The van der Waals surface area contributed by atoms with Crippen molar-refractivity contribution in [2.24, 2.45) is 9.98 Å². The molecule has 0 amide bonds. The average molecular weight is 663 g/mol. The van der Waals surface area contributed by atoms with Gasteiger partial charge in [0.25, 0.3) is 0 Å². The van der Waals surface area contributed by atoms with Gasteiger partial charge in [0, 0.05) is 33.5 Å². The summed E-state index contributed by atoms with van der Waals surface area (Å²) in [4.78, 5) is 10.5. The Labute approximate surface area is 300 Å². The van der Waals surface area contributed by atoms with Crippen molar-refractivity contribution >= 4 is 60.7 Å². The number of fused-ring (bicyclic) bond motifs is 5. The smallest absolute Gasteiger partial charge is 0.161 e. The highest BCUT2D eigenvalue weighted by Crippen LogP contribution is 2.35. The van der Waals surface area contributed by atoms with E-state index < -0.39 is 0 Å². The van der Waals surface area contributed by atoms with Gasteiger partial charge in [-0.05, 0) is 80.2 Å². The molecule has 0 aliphatic carbocycles. The zero-order valence-corrected chi connectivity index (χ0v) is 28.1. The molecule has 0 atom stereocenters. The van der Waals surface area contributed by atoms with Crippen LogP contribution >= 0.6 is 0 Å². The summed E-state index contributed by atoms with van der Waals surface area (Å²) in [5.74, 6) is 0.624. The number of amidine groups is 1. The highest BCUT2D eigenvalue weighted by Gasteiger charge is 2.17. The van der Waals surface area contributed by atoms with Gasteiger partial charge in [0.1, 0.15) is 16.9 Å². The Morgan fingerprint density at radius 2 is 0.981 bits per heavy atom. The molecule has 0 N–H and O–H groups in total. The molecular weight excluding hydrogens is 633 g/mol. The molecule has 242 valence electrons. The molecule has 2 heterocycles. The molecule has 1 aromatic heterocycles. The quantitative estimate of drug-likeness (QED) is 0.169. The largest absolute Gasteiger partial charge is 0.456 e. The van der Waals surface area contributed by atoms with E-state index in [2.05, 4.69) is 170 Å². The minimum atomic E-state index is 0.624. The molecule has 0 saturated carbocycles. The lowest BCUT2D eigenvalue weighted by Gasteiger charge is -2.11. The lowest BCUT2D eigenvalue weighted by atomic mass is 9.96. The Bertz CT molecular complexity index is 2980. The van der Waals surface area contributed by atoms with Crippen molar-refractivity contribution in [3.05, 3.63) is 204 Å². The zero-order chi connectivity index (χ0) is 34.4. The molecule has 52 heavy (non-hydrogen) atoms. The van der Waals surface area contributed by atoms with Gasteiger partial charge >= 0.3 is 0 Å². The number of nitrogens with zero attached hydrogens (tertiary/aromatic N) is 2. The van der Waals surface area contributed by atoms with Gasteiger partial charge < -0.3 is 4.42 Å². The lowest BCUT2D eigenvalue weighted by molar-refractivity contribution is 0.669. The summed E-state index contributed by atoms with van der Waals surface area (Å²) in [5, 5.41) is 6.81. The molecule has 8 aromatic carbocycles. The van der Waals surface area contributed by atoms with Crippen LogP contribution in [0.2, 0.25) is 0 Å². The predicted molar refractivity (Wildman–Crippen MR) is 217 cm³/mol. The molecule has 0 radical (unpaired) electrons. The van der Waals surface area contributed by atoms with E-state index in [1.165, 1.54) is 16.5 Å². The van der Waals surface area contributed by atoms with Crippen molar-refractivity contribution in [1.29, 1.82) is 0 Å². The van der Waals surface area contributed by atoms with Crippen molar-refractivity contribution < 1.29 is 4.42 Å². The predicted octanol–water partition coefficient (Wildman–Crippen LogP) is 12.7. The van der Waals surface area contributed by atoms with Crippen LogP contribution < -0.4 is 0 Å². The van der Waals surface area contributed by atoms with Crippen molar-refractivity contribution in [1.82, 2.24) is 0 Å². The number of allylic oxidation sites excluding steroid dienone is 1. The van der Waals surface area contributed by atoms with Crippen LogP contribution in [-0.2, 0) is 0 Å². The molecule has 3 nitrogen and oxygen atoms in total. The summed E-state index contributed by atoms with van der Waals surface area (Å²) >= 11 is 0. The van der Waals surface area contributed by atoms with Crippen molar-refractivity contribution in [3.63, 3.8) is 0 Å². The van der Waals surface area contributed by atoms with Gasteiger partial charge in [0.2, 0.25) is 0 Å². The number of rotatable bonds is 5. The van der Waals surface area contributed by atoms with Crippen LogP contribution in [0.15, 0.2) is 202 Å². The van der Waals surface area contributed by atoms with Crippen LogP contribution in [0.25, 0.3) is 71.4 Å². The standard InChI is InChI=1S/C49H30N2O/c1-3-11-32(12-4-1)36-19-20-38-28-40(22-21-37(38)27-36)49-50-45(25-26-46(51-49)42-18-10-9-17-41(42)33-13-5-2-6-14-33)39-23-24-43-44-29-34-15-7-8-16-35(34)30-48(44)52-47(43)31-39/h1-24,26-31H. The van der Waals surface area contributed by atoms with Gasteiger partial charge in [-0.3, -0.25) is 0 Å².